The summed E-state index contributed by atoms with van der Waals surface area (Å²) in [6.45, 7) is 3.17. The number of piperidine rings is 1. The minimum absolute atomic E-state index is 0.0852. The Labute approximate surface area is 182 Å². The van der Waals surface area contributed by atoms with E-state index in [1.165, 1.54) is 16.4 Å². The van der Waals surface area contributed by atoms with Crippen LogP contribution >= 0.6 is 0 Å². The van der Waals surface area contributed by atoms with Crippen molar-refractivity contribution in [3.63, 3.8) is 0 Å². The normalized spacial score (nSPS) is 15.5. The first kappa shape index (κ1) is 23.1. The van der Waals surface area contributed by atoms with Gasteiger partial charge in [0.25, 0.3) is 0 Å². The zero-order chi connectivity index (χ0) is 22.3. The van der Waals surface area contributed by atoms with Crippen molar-refractivity contribution in [2.75, 3.05) is 26.2 Å². The number of ether oxygens (including phenoxy) is 1. The predicted octanol–water partition coefficient (Wildman–Crippen LogP) is 2.02. The van der Waals surface area contributed by atoms with Gasteiger partial charge in [0.2, 0.25) is 10.0 Å². The zero-order valence-electron chi connectivity index (χ0n) is 17.5. The molecule has 2 heterocycles. The third kappa shape index (κ3) is 5.96. The number of sulfonamides is 1. The minimum atomic E-state index is -3.74. The van der Waals surface area contributed by atoms with Crippen molar-refractivity contribution in [2.24, 2.45) is 5.92 Å². The summed E-state index contributed by atoms with van der Waals surface area (Å²) in [6.07, 6.45) is 4.22. The van der Waals surface area contributed by atoms with E-state index in [9.17, 15) is 18.0 Å². The summed E-state index contributed by atoms with van der Waals surface area (Å²) >= 11 is 0. The van der Waals surface area contributed by atoms with Gasteiger partial charge in [-0.05, 0) is 49.6 Å². The van der Waals surface area contributed by atoms with E-state index in [1.807, 2.05) is 12.1 Å². The smallest absolute Gasteiger partial charge is 0.309 e. The molecule has 1 fully saturated rings. The first-order chi connectivity index (χ1) is 14.9. The van der Waals surface area contributed by atoms with Gasteiger partial charge in [0, 0.05) is 37.6 Å². The molecular weight excluding hydrogens is 418 g/mol. The highest BCUT2D eigenvalue weighted by Gasteiger charge is 2.32. The maximum atomic E-state index is 13.0. The molecule has 0 atom stereocenters. The molecule has 0 radical (unpaired) electrons. The number of aromatic nitrogens is 1. The van der Waals surface area contributed by atoms with Gasteiger partial charge in [0.1, 0.15) is 0 Å². The van der Waals surface area contributed by atoms with Crippen molar-refractivity contribution >= 4 is 21.8 Å². The quantitative estimate of drug-likeness (QED) is 0.465. The number of hydrogen-bond donors (Lipinski definition) is 1. The van der Waals surface area contributed by atoms with Crippen molar-refractivity contribution in [2.45, 2.75) is 31.2 Å². The highest BCUT2D eigenvalue weighted by atomic mass is 32.2. The number of ketones is 1. The second-order valence-electron chi connectivity index (χ2n) is 7.34. The second kappa shape index (κ2) is 10.6. The van der Waals surface area contributed by atoms with Crippen LogP contribution in [-0.4, -0.2) is 55.7 Å². The zero-order valence-corrected chi connectivity index (χ0v) is 18.3. The average Bonchev–Trinajstić information content (AvgIpc) is 2.80. The summed E-state index contributed by atoms with van der Waals surface area (Å²) in [5.41, 5.74) is 1.34. The lowest BCUT2D eigenvalue weighted by Gasteiger charge is -2.30. The summed E-state index contributed by atoms with van der Waals surface area (Å²) in [7, 11) is -3.74. The third-order valence-electron chi connectivity index (χ3n) is 5.23. The van der Waals surface area contributed by atoms with Gasteiger partial charge >= 0.3 is 5.97 Å². The van der Waals surface area contributed by atoms with Crippen LogP contribution in [0.3, 0.4) is 0 Å². The molecule has 166 valence electrons. The molecule has 1 aliphatic rings. The summed E-state index contributed by atoms with van der Waals surface area (Å²) in [5.74, 6) is -0.732. The second-order valence-corrected chi connectivity index (χ2v) is 9.28. The molecular formula is C22H27N3O5S. The molecule has 3 rings (SSSR count). The van der Waals surface area contributed by atoms with Crippen LogP contribution in [0.25, 0.3) is 0 Å². The number of nitrogens with zero attached hydrogens (tertiary/aromatic N) is 2. The lowest BCUT2D eigenvalue weighted by Crippen LogP contribution is -2.40. The summed E-state index contributed by atoms with van der Waals surface area (Å²) in [6, 6.07) is 9.82. The van der Waals surface area contributed by atoms with Gasteiger partial charge in [-0.2, -0.15) is 4.31 Å². The van der Waals surface area contributed by atoms with Gasteiger partial charge < -0.3 is 10.1 Å². The molecule has 0 spiro atoms. The molecule has 1 saturated heterocycles. The Morgan fingerprint density at radius 1 is 1.16 bits per heavy atom. The van der Waals surface area contributed by atoms with Crippen molar-refractivity contribution in [3.8, 4) is 0 Å². The number of rotatable bonds is 9. The Kier molecular flexibility index (Phi) is 7.89. The number of hydrogen-bond acceptors (Lipinski definition) is 7. The molecule has 0 saturated carbocycles. The molecule has 2 aromatic rings. The Hall–Kier alpha value is -2.62. The Morgan fingerprint density at radius 3 is 2.55 bits per heavy atom. The van der Waals surface area contributed by atoms with Gasteiger partial charge in [0.15, 0.2) is 5.78 Å². The predicted molar refractivity (Wildman–Crippen MR) is 115 cm³/mol. The minimum Gasteiger partial charge on any atom is -0.466 e. The van der Waals surface area contributed by atoms with Crippen LogP contribution in [0.4, 0.5) is 0 Å². The largest absolute Gasteiger partial charge is 0.466 e. The fourth-order valence-corrected chi connectivity index (χ4v) is 5.01. The van der Waals surface area contributed by atoms with Crippen molar-refractivity contribution in [3.05, 3.63) is 59.9 Å². The molecule has 9 heteroatoms. The molecule has 1 N–H and O–H groups in total. The number of Topliss-reactive ketones (excluding diaryl/α,β-unsaturated/α-hetero) is 1. The van der Waals surface area contributed by atoms with Gasteiger partial charge in [-0.15, -0.1) is 0 Å². The van der Waals surface area contributed by atoms with Crippen LogP contribution in [-0.2, 0) is 26.1 Å². The molecule has 1 aromatic carbocycles. The van der Waals surface area contributed by atoms with E-state index >= 15 is 0 Å². The van der Waals surface area contributed by atoms with E-state index in [1.54, 1.807) is 31.5 Å². The van der Waals surface area contributed by atoms with Crippen LogP contribution in [0.2, 0.25) is 0 Å². The van der Waals surface area contributed by atoms with Crippen LogP contribution in [0.15, 0.2) is 53.7 Å². The van der Waals surface area contributed by atoms with Crippen molar-refractivity contribution < 1.29 is 22.7 Å². The molecule has 0 bridgehead atoms. The van der Waals surface area contributed by atoms with Crippen LogP contribution in [0, 0.1) is 5.92 Å². The fraction of sp³-hybridized carbons (Fsp3) is 0.409. The molecule has 0 unspecified atom stereocenters. The first-order valence-electron chi connectivity index (χ1n) is 10.3. The lowest BCUT2D eigenvalue weighted by molar-refractivity contribution is -0.149. The van der Waals surface area contributed by atoms with Crippen LogP contribution in [0.1, 0.15) is 35.7 Å². The van der Waals surface area contributed by atoms with E-state index in [0.29, 0.717) is 31.6 Å². The maximum absolute atomic E-state index is 13.0. The number of benzene rings is 1. The van der Waals surface area contributed by atoms with Crippen molar-refractivity contribution in [1.29, 1.82) is 0 Å². The van der Waals surface area contributed by atoms with E-state index in [-0.39, 0.29) is 42.2 Å². The number of esters is 1. The Morgan fingerprint density at radius 2 is 1.87 bits per heavy atom. The van der Waals surface area contributed by atoms with E-state index in [2.05, 4.69) is 10.3 Å². The Bertz CT molecular complexity index is 1000. The summed E-state index contributed by atoms with van der Waals surface area (Å²) in [5, 5.41) is 3.07. The molecule has 0 amide bonds. The maximum Gasteiger partial charge on any atom is 0.309 e. The van der Waals surface area contributed by atoms with Gasteiger partial charge in [-0.1, -0.05) is 12.1 Å². The number of nitrogens with one attached hydrogen (secondary N) is 1. The number of carbonyl (C=O) groups is 2. The molecule has 8 nitrogen and oxygen atoms in total. The van der Waals surface area contributed by atoms with Gasteiger partial charge in [0.05, 0.1) is 24.0 Å². The average molecular weight is 446 g/mol. The Balaban J connectivity index is 1.60. The highest BCUT2D eigenvalue weighted by Crippen LogP contribution is 2.25. The van der Waals surface area contributed by atoms with Gasteiger partial charge in [-0.25, -0.2) is 8.42 Å². The summed E-state index contributed by atoms with van der Waals surface area (Å²) < 4.78 is 32.5. The summed E-state index contributed by atoms with van der Waals surface area (Å²) in [4.78, 5) is 28.5. The van der Waals surface area contributed by atoms with E-state index in [0.717, 1.165) is 5.56 Å². The molecule has 31 heavy (non-hydrogen) atoms. The lowest BCUT2D eigenvalue weighted by atomic mass is 9.98. The SMILES string of the molecule is CCOC(=O)C1CCN(S(=O)(=O)c2cccc(C(=O)CNCc3ccncc3)c2)CC1. The van der Waals surface area contributed by atoms with Gasteiger partial charge in [-0.3, -0.25) is 14.6 Å². The molecule has 1 aliphatic heterocycles. The first-order valence-corrected chi connectivity index (χ1v) is 11.8. The number of carbonyl (C=O) groups excluding carboxylic acids is 2. The van der Waals surface area contributed by atoms with E-state index in [4.69, 9.17) is 4.74 Å². The topological polar surface area (TPSA) is 106 Å². The van der Waals surface area contributed by atoms with Crippen molar-refractivity contribution in [1.82, 2.24) is 14.6 Å². The fourth-order valence-electron chi connectivity index (χ4n) is 3.49. The molecule has 1 aromatic heterocycles. The standard InChI is InChI=1S/C22H27N3O5S/c1-2-30-22(27)18-8-12-25(13-9-18)31(28,29)20-5-3-4-19(14-20)21(26)16-24-15-17-6-10-23-11-7-17/h3-7,10-11,14,18,24H,2,8-9,12-13,15-16H2,1H3. The number of pyridine rings is 1. The van der Waals surface area contributed by atoms with Crippen LogP contribution in [0.5, 0.6) is 0 Å². The molecule has 0 aliphatic carbocycles. The highest BCUT2D eigenvalue weighted by molar-refractivity contribution is 7.89. The third-order valence-corrected chi connectivity index (χ3v) is 7.13. The monoisotopic (exact) mass is 445 g/mol. The van der Waals surface area contributed by atoms with Crippen LogP contribution < -0.4 is 5.32 Å². The van der Waals surface area contributed by atoms with E-state index < -0.39 is 10.0 Å².